The Balaban J connectivity index is 1.96. The predicted octanol–water partition coefficient (Wildman–Crippen LogP) is 2.24. The zero-order chi connectivity index (χ0) is 24.6. The average Bonchev–Trinajstić information content (AvgIpc) is 3.34. The molecule has 0 spiro atoms. The van der Waals surface area contributed by atoms with Crippen LogP contribution in [-0.2, 0) is 14.3 Å². The van der Waals surface area contributed by atoms with Gasteiger partial charge < -0.3 is 18.6 Å². The highest BCUT2D eigenvalue weighted by Gasteiger charge is 2.33. The van der Waals surface area contributed by atoms with Gasteiger partial charge in [-0.05, 0) is 43.7 Å². The van der Waals surface area contributed by atoms with Crippen LogP contribution in [0.2, 0.25) is 0 Å². The lowest BCUT2D eigenvalue weighted by molar-refractivity contribution is -0.136. The maximum Gasteiger partial charge on any atom is 0.338 e. The molecule has 3 heterocycles. The Labute approximate surface area is 198 Å². The summed E-state index contributed by atoms with van der Waals surface area (Å²) in [5.74, 6) is 0.652. The Morgan fingerprint density at radius 3 is 2.53 bits per heavy atom. The largest absolute Gasteiger partial charge is 0.493 e. The number of thiazole rings is 1. The minimum atomic E-state index is -0.829. The second-order valence-corrected chi connectivity index (χ2v) is 8.53. The lowest BCUT2D eigenvalue weighted by atomic mass is 9.95. The number of aromatic nitrogens is 1. The number of hydrogen-bond acceptors (Lipinski definition) is 9. The van der Waals surface area contributed by atoms with Gasteiger partial charge in [-0.1, -0.05) is 17.4 Å². The van der Waals surface area contributed by atoms with Crippen molar-refractivity contribution in [2.45, 2.75) is 26.8 Å². The molecule has 2 aromatic heterocycles. The monoisotopic (exact) mass is 482 g/mol. The van der Waals surface area contributed by atoms with Crippen LogP contribution in [0.5, 0.6) is 11.5 Å². The fourth-order valence-corrected chi connectivity index (χ4v) is 4.79. The van der Waals surface area contributed by atoms with Gasteiger partial charge in [-0.2, -0.15) is 0 Å². The second kappa shape index (κ2) is 9.14. The van der Waals surface area contributed by atoms with E-state index in [0.29, 0.717) is 26.4 Å². The molecule has 1 unspecified atom stereocenters. The highest BCUT2D eigenvalue weighted by molar-refractivity contribution is 7.07. The van der Waals surface area contributed by atoms with Crippen molar-refractivity contribution >= 4 is 29.4 Å². The molecule has 0 saturated carbocycles. The van der Waals surface area contributed by atoms with Crippen molar-refractivity contribution in [2.24, 2.45) is 4.99 Å². The van der Waals surface area contributed by atoms with Crippen LogP contribution >= 0.6 is 11.3 Å². The molecule has 1 aliphatic rings. The third-order valence-electron chi connectivity index (χ3n) is 5.22. The van der Waals surface area contributed by atoms with E-state index in [1.54, 1.807) is 37.3 Å². The van der Waals surface area contributed by atoms with Crippen LogP contribution in [0.15, 0.2) is 55.8 Å². The van der Waals surface area contributed by atoms with E-state index < -0.39 is 18.0 Å². The average molecular weight is 483 g/mol. The van der Waals surface area contributed by atoms with E-state index in [1.807, 2.05) is 13.0 Å². The number of rotatable bonds is 5. The topological polar surface area (TPSA) is 109 Å². The van der Waals surface area contributed by atoms with E-state index in [1.165, 1.54) is 37.0 Å². The minimum absolute atomic E-state index is 0.220. The van der Waals surface area contributed by atoms with Gasteiger partial charge in [-0.3, -0.25) is 14.2 Å². The van der Waals surface area contributed by atoms with Crippen molar-refractivity contribution in [3.8, 4) is 11.5 Å². The molecule has 1 aliphatic heterocycles. The van der Waals surface area contributed by atoms with E-state index in [9.17, 15) is 14.4 Å². The van der Waals surface area contributed by atoms with E-state index >= 15 is 0 Å². The number of carbonyl (C=O) groups excluding carboxylic acids is 2. The fourth-order valence-electron chi connectivity index (χ4n) is 3.76. The molecular weight excluding hydrogens is 460 g/mol. The molecule has 0 N–H and O–H groups in total. The van der Waals surface area contributed by atoms with Crippen LogP contribution < -0.4 is 24.4 Å². The first-order chi connectivity index (χ1) is 16.2. The van der Waals surface area contributed by atoms with Crippen LogP contribution in [0.1, 0.15) is 37.0 Å². The van der Waals surface area contributed by atoms with Crippen molar-refractivity contribution in [1.82, 2.24) is 4.57 Å². The van der Waals surface area contributed by atoms with Gasteiger partial charge in [0.1, 0.15) is 11.5 Å². The van der Waals surface area contributed by atoms with Crippen molar-refractivity contribution in [3.05, 3.63) is 78.4 Å². The molecule has 176 valence electrons. The maximum absolute atomic E-state index is 13.5. The molecule has 34 heavy (non-hydrogen) atoms. The highest BCUT2D eigenvalue weighted by atomic mass is 32.1. The normalized spacial score (nSPS) is 15.6. The van der Waals surface area contributed by atoms with Crippen LogP contribution in [-0.4, -0.2) is 30.7 Å². The quantitative estimate of drug-likeness (QED) is 0.405. The zero-order valence-corrected chi connectivity index (χ0v) is 20.0. The van der Waals surface area contributed by atoms with E-state index in [4.69, 9.17) is 18.6 Å². The Morgan fingerprint density at radius 2 is 1.91 bits per heavy atom. The van der Waals surface area contributed by atoms with Gasteiger partial charge >= 0.3 is 11.9 Å². The summed E-state index contributed by atoms with van der Waals surface area (Å²) in [6.07, 6.45) is 1.65. The molecule has 0 bridgehead atoms. The maximum atomic E-state index is 13.5. The summed E-state index contributed by atoms with van der Waals surface area (Å²) in [7, 11) is 2.71. The van der Waals surface area contributed by atoms with Gasteiger partial charge in [0.2, 0.25) is 0 Å². The van der Waals surface area contributed by atoms with Crippen LogP contribution in [0.4, 0.5) is 0 Å². The van der Waals surface area contributed by atoms with Crippen LogP contribution in [0.3, 0.4) is 0 Å². The molecule has 0 fully saturated rings. The summed E-state index contributed by atoms with van der Waals surface area (Å²) in [5.41, 5.74) is 0.878. The number of esters is 2. The standard InChI is InChI=1S/C24H22N2O7S/c1-12-6-8-16(32-12)11-19-22(28)26-21(20(23(29)31-5)13(2)25-24(26)34-19)15-7-9-17(33-14(3)27)18(10-15)30-4/h6-11,21H,1-5H3/b19-11+. The number of benzene rings is 1. The molecule has 0 amide bonds. The molecule has 0 saturated heterocycles. The smallest absolute Gasteiger partial charge is 0.338 e. The number of carbonyl (C=O) groups is 2. The van der Waals surface area contributed by atoms with Gasteiger partial charge in [-0.25, -0.2) is 9.79 Å². The highest BCUT2D eigenvalue weighted by Crippen LogP contribution is 2.36. The summed E-state index contributed by atoms with van der Waals surface area (Å²) in [6, 6.07) is 7.60. The first-order valence-corrected chi connectivity index (χ1v) is 11.1. The number of aryl methyl sites for hydroxylation is 1. The Morgan fingerprint density at radius 1 is 1.15 bits per heavy atom. The van der Waals surface area contributed by atoms with Crippen molar-refractivity contribution in [1.29, 1.82) is 0 Å². The summed E-state index contributed by atoms with van der Waals surface area (Å²) in [5, 5.41) is 0. The molecule has 1 aromatic carbocycles. The molecule has 0 radical (unpaired) electrons. The van der Waals surface area contributed by atoms with E-state index in [-0.39, 0.29) is 22.6 Å². The number of nitrogens with zero attached hydrogens (tertiary/aromatic N) is 2. The molecule has 3 aromatic rings. The lowest BCUT2D eigenvalue weighted by Crippen LogP contribution is -2.39. The van der Waals surface area contributed by atoms with Gasteiger partial charge in [0.05, 0.1) is 36.1 Å². The number of hydrogen-bond donors (Lipinski definition) is 0. The van der Waals surface area contributed by atoms with E-state index in [2.05, 4.69) is 4.99 Å². The van der Waals surface area contributed by atoms with Crippen LogP contribution in [0, 0.1) is 6.92 Å². The lowest BCUT2D eigenvalue weighted by Gasteiger charge is -2.25. The molecule has 1 atom stereocenters. The van der Waals surface area contributed by atoms with Crippen molar-refractivity contribution in [2.75, 3.05) is 14.2 Å². The Bertz CT molecular complexity index is 1510. The fraction of sp³-hybridized carbons (Fsp3) is 0.250. The van der Waals surface area contributed by atoms with Gasteiger partial charge in [0.15, 0.2) is 16.3 Å². The van der Waals surface area contributed by atoms with E-state index in [0.717, 1.165) is 5.76 Å². The molecule has 10 heteroatoms. The zero-order valence-electron chi connectivity index (χ0n) is 19.2. The molecule has 0 aliphatic carbocycles. The molecule has 9 nitrogen and oxygen atoms in total. The molecule has 4 rings (SSSR count). The van der Waals surface area contributed by atoms with Gasteiger partial charge in [0.25, 0.3) is 5.56 Å². The third-order valence-corrected chi connectivity index (χ3v) is 6.20. The van der Waals surface area contributed by atoms with Gasteiger partial charge in [-0.15, -0.1) is 0 Å². The third kappa shape index (κ3) is 4.19. The molecular formula is C24H22N2O7S. The number of ether oxygens (including phenoxy) is 3. The Hall–Kier alpha value is -3.92. The predicted molar refractivity (Wildman–Crippen MR) is 124 cm³/mol. The van der Waals surface area contributed by atoms with Crippen molar-refractivity contribution < 1.29 is 28.2 Å². The number of allylic oxidation sites excluding steroid dienone is 1. The number of fused-ring (bicyclic) bond motifs is 1. The van der Waals surface area contributed by atoms with Crippen molar-refractivity contribution in [3.63, 3.8) is 0 Å². The Kier molecular flexibility index (Phi) is 6.25. The number of furan rings is 1. The summed E-state index contributed by atoms with van der Waals surface area (Å²) < 4.78 is 23.0. The first-order valence-electron chi connectivity index (χ1n) is 10.3. The summed E-state index contributed by atoms with van der Waals surface area (Å²) >= 11 is 1.19. The minimum Gasteiger partial charge on any atom is -0.493 e. The van der Waals surface area contributed by atoms with Gasteiger partial charge in [0, 0.05) is 13.0 Å². The first kappa shape index (κ1) is 23.2. The number of methoxy groups -OCH3 is 2. The summed E-state index contributed by atoms with van der Waals surface area (Å²) in [6.45, 7) is 4.79. The summed E-state index contributed by atoms with van der Waals surface area (Å²) in [4.78, 5) is 42.7. The van der Waals surface area contributed by atoms with Crippen LogP contribution in [0.25, 0.3) is 6.08 Å². The SMILES string of the molecule is COC(=O)C1=C(C)N=c2s/c(=C/c3ccc(C)o3)c(=O)n2C1c1ccc(OC(C)=O)c(OC)c1. The second-order valence-electron chi connectivity index (χ2n) is 7.53.